The summed E-state index contributed by atoms with van der Waals surface area (Å²) in [7, 11) is 0. The van der Waals surface area contributed by atoms with Crippen LogP contribution < -0.4 is 5.73 Å². The van der Waals surface area contributed by atoms with Gasteiger partial charge in [-0.3, -0.25) is 4.79 Å². The number of carbonyl (C=O) groups is 1. The van der Waals surface area contributed by atoms with Gasteiger partial charge in [0.25, 0.3) is 0 Å². The molecular formula is C11H15Cl2NO2. The molecule has 1 rings (SSSR count). The maximum absolute atomic E-state index is 11.3. The topological polar surface area (TPSA) is 63.3 Å². The van der Waals surface area contributed by atoms with Gasteiger partial charge in [-0.1, -0.05) is 18.2 Å². The van der Waals surface area contributed by atoms with E-state index in [0.29, 0.717) is 18.7 Å². The number of carboxylic acid groups (broad SMARTS) is 1. The van der Waals surface area contributed by atoms with E-state index in [1.165, 1.54) is 0 Å². The molecule has 0 aromatic heterocycles. The molecule has 0 saturated carbocycles. The minimum atomic E-state index is -1.07. The van der Waals surface area contributed by atoms with Crippen LogP contribution in [0, 0.1) is 5.41 Å². The van der Waals surface area contributed by atoms with Crippen molar-refractivity contribution in [2.75, 3.05) is 11.8 Å². The van der Waals surface area contributed by atoms with Crippen LogP contribution in [0.5, 0.6) is 0 Å². The van der Waals surface area contributed by atoms with Crippen LogP contribution in [0.3, 0.4) is 0 Å². The first-order valence-electron chi connectivity index (χ1n) is 5.07. The summed E-state index contributed by atoms with van der Waals surface area (Å²) in [6.07, 6.45) is 6.22. The van der Waals surface area contributed by atoms with Crippen molar-refractivity contribution in [2.24, 2.45) is 11.1 Å². The Balaban J connectivity index is 2.93. The first-order valence-corrected chi connectivity index (χ1v) is 6.14. The van der Waals surface area contributed by atoms with Crippen LogP contribution >= 0.6 is 23.2 Å². The predicted octanol–water partition coefficient (Wildman–Crippen LogP) is 2.14. The molecule has 0 saturated heterocycles. The average molecular weight is 264 g/mol. The van der Waals surface area contributed by atoms with E-state index in [4.69, 9.17) is 28.9 Å². The van der Waals surface area contributed by atoms with E-state index >= 15 is 0 Å². The van der Waals surface area contributed by atoms with Gasteiger partial charge in [0.05, 0.1) is 0 Å². The molecule has 0 spiro atoms. The van der Waals surface area contributed by atoms with E-state index in [9.17, 15) is 9.90 Å². The lowest BCUT2D eigenvalue weighted by Gasteiger charge is -2.33. The summed E-state index contributed by atoms with van der Waals surface area (Å²) < 4.78 is 0. The number of hydrogen-bond donors (Lipinski definition) is 2. The Bertz CT molecular complexity index is 328. The highest BCUT2D eigenvalue weighted by Gasteiger charge is 2.42. The molecule has 1 aliphatic carbocycles. The van der Waals surface area contributed by atoms with Gasteiger partial charge in [0.15, 0.2) is 0 Å². The van der Waals surface area contributed by atoms with Crippen LogP contribution in [0.2, 0.25) is 0 Å². The number of carboxylic acids is 1. The van der Waals surface area contributed by atoms with Crippen molar-refractivity contribution in [2.45, 2.75) is 18.9 Å². The molecule has 3 nitrogen and oxygen atoms in total. The molecule has 2 atom stereocenters. The number of aliphatic carboxylic acids is 1. The largest absolute Gasteiger partial charge is 0.481 e. The molecule has 0 radical (unpaired) electrons. The van der Waals surface area contributed by atoms with E-state index in [-0.39, 0.29) is 5.88 Å². The van der Waals surface area contributed by atoms with Crippen LogP contribution in [-0.4, -0.2) is 28.9 Å². The van der Waals surface area contributed by atoms with Crippen LogP contribution in [-0.2, 0) is 4.79 Å². The summed E-state index contributed by atoms with van der Waals surface area (Å²) >= 11 is 11.3. The first-order chi connectivity index (χ1) is 7.56. The molecule has 0 aliphatic heterocycles. The Labute approximate surface area is 105 Å². The second kappa shape index (κ2) is 5.71. The van der Waals surface area contributed by atoms with Crippen molar-refractivity contribution in [3.05, 3.63) is 23.8 Å². The smallest absolute Gasteiger partial charge is 0.315 e. The Morgan fingerprint density at radius 3 is 2.62 bits per heavy atom. The standard InChI is InChI=1S/C11H15Cl2NO2/c12-5-2-8-1-3-11(4-6-13,10(15)16)9(14)7-8/h1,3,7,9H,2,4-6,14H2,(H,15,16). The summed E-state index contributed by atoms with van der Waals surface area (Å²) in [5.41, 5.74) is 5.82. The number of allylic oxidation sites excluding steroid dienone is 2. The molecule has 90 valence electrons. The third kappa shape index (κ3) is 2.59. The predicted molar refractivity (Wildman–Crippen MR) is 65.9 cm³/mol. The minimum absolute atomic E-state index is 0.267. The Morgan fingerprint density at radius 1 is 1.50 bits per heavy atom. The van der Waals surface area contributed by atoms with Crippen LogP contribution in [0.15, 0.2) is 23.8 Å². The summed E-state index contributed by atoms with van der Waals surface area (Å²) in [6, 6.07) is -0.549. The maximum atomic E-state index is 11.3. The van der Waals surface area contributed by atoms with Gasteiger partial charge in [-0.05, 0) is 18.4 Å². The number of alkyl halides is 2. The van der Waals surface area contributed by atoms with Crippen LogP contribution in [0.25, 0.3) is 0 Å². The van der Waals surface area contributed by atoms with Crippen LogP contribution in [0.1, 0.15) is 12.8 Å². The number of hydrogen-bond acceptors (Lipinski definition) is 2. The third-order valence-electron chi connectivity index (χ3n) is 2.87. The van der Waals surface area contributed by atoms with E-state index in [1.54, 1.807) is 18.2 Å². The van der Waals surface area contributed by atoms with Crippen molar-refractivity contribution in [1.29, 1.82) is 0 Å². The Hall–Kier alpha value is -0.510. The fourth-order valence-electron chi connectivity index (χ4n) is 1.80. The second-order valence-electron chi connectivity index (χ2n) is 3.82. The van der Waals surface area contributed by atoms with Crippen molar-refractivity contribution >= 4 is 29.2 Å². The lowest BCUT2D eigenvalue weighted by atomic mass is 9.74. The van der Waals surface area contributed by atoms with Gasteiger partial charge in [-0.2, -0.15) is 0 Å². The fraction of sp³-hybridized carbons (Fsp3) is 0.545. The molecular weight excluding hydrogens is 249 g/mol. The van der Waals surface area contributed by atoms with Crippen molar-refractivity contribution in [3.63, 3.8) is 0 Å². The van der Waals surface area contributed by atoms with Gasteiger partial charge in [-0.15, -0.1) is 23.2 Å². The zero-order valence-corrected chi connectivity index (χ0v) is 10.3. The number of nitrogens with two attached hydrogens (primary N) is 1. The molecule has 5 heteroatoms. The monoisotopic (exact) mass is 263 g/mol. The number of halogens is 2. The Kier molecular flexibility index (Phi) is 4.84. The zero-order valence-electron chi connectivity index (χ0n) is 8.83. The maximum Gasteiger partial charge on any atom is 0.315 e. The molecule has 0 bridgehead atoms. The van der Waals surface area contributed by atoms with E-state index in [0.717, 1.165) is 5.57 Å². The zero-order chi connectivity index (χ0) is 12.2. The highest BCUT2D eigenvalue weighted by Crippen LogP contribution is 2.34. The van der Waals surface area contributed by atoms with Gasteiger partial charge >= 0.3 is 5.97 Å². The quantitative estimate of drug-likeness (QED) is 0.748. The lowest BCUT2D eigenvalue weighted by molar-refractivity contribution is -0.146. The summed E-state index contributed by atoms with van der Waals surface area (Å²) in [4.78, 5) is 11.3. The normalized spacial score (nSPS) is 28.9. The van der Waals surface area contributed by atoms with Crippen molar-refractivity contribution < 1.29 is 9.90 Å². The highest BCUT2D eigenvalue weighted by atomic mass is 35.5. The molecule has 0 aromatic carbocycles. The van der Waals surface area contributed by atoms with Gasteiger partial charge in [0.1, 0.15) is 5.41 Å². The van der Waals surface area contributed by atoms with Gasteiger partial charge in [0, 0.05) is 17.8 Å². The Morgan fingerprint density at radius 2 is 2.19 bits per heavy atom. The number of rotatable bonds is 5. The molecule has 0 amide bonds. The van der Waals surface area contributed by atoms with Gasteiger partial charge in [0.2, 0.25) is 0 Å². The fourth-order valence-corrected chi connectivity index (χ4v) is 2.34. The molecule has 1 aliphatic rings. The molecule has 0 fully saturated rings. The van der Waals surface area contributed by atoms with E-state index in [2.05, 4.69) is 0 Å². The molecule has 2 unspecified atom stereocenters. The summed E-state index contributed by atoms with van der Waals surface area (Å²) in [6.45, 7) is 0. The minimum Gasteiger partial charge on any atom is -0.481 e. The van der Waals surface area contributed by atoms with Gasteiger partial charge in [-0.25, -0.2) is 0 Å². The SMILES string of the molecule is NC1C=C(CCCl)C=CC1(CCCl)C(=O)O. The van der Waals surface area contributed by atoms with Crippen molar-refractivity contribution in [1.82, 2.24) is 0 Å². The molecule has 3 N–H and O–H groups in total. The summed E-state index contributed by atoms with van der Waals surface area (Å²) in [5, 5.41) is 9.26. The molecule has 0 aromatic rings. The summed E-state index contributed by atoms with van der Waals surface area (Å²) in [5.74, 6) is -0.167. The third-order valence-corrected chi connectivity index (χ3v) is 3.25. The van der Waals surface area contributed by atoms with E-state index < -0.39 is 17.4 Å². The molecule has 16 heavy (non-hydrogen) atoms. The van der Waals surface area contributed by atoms with E-state index in [1.807, 2.05) is 0 Å². The molecule has 0 heterocycles. The van der Waals surface area contributed by atoms with Crippen LogP contribution in [0.4, 0.5) is 0 Å². The average Bonchev–Trinajstić information content (AvgIpc) is 2.22. The van der Waals surface area contributed by atoms with Gasteiger partial charge < -0.3 is 10.8 Å². The highest BCUT2D eigenvalue weighted by molar-refractivity contribution is 6.18. The second-order valence-corrected chi connectivity index (χ2v) is 4.58. The first kappa shape index (κ1) is 13.6. The van der Waals surface area contributed by atoms with Crippen molar-refractivity contribution in [3.8, 4) is 0 Å². The lowest BCUT2D eigenvalue weighted by Crippen LogP contribution is -2.47.